The highest BCUT2D eigenvalue weighted by atomic mass is 16.5. The molecule has 0 unspecified atom stereocenters. The van der Waals surface area contributed by atoms with Gasteiger partial charge in [0, 0.05) is 31.0 Å². The van der Waals surface area contributed by atoms with E-state index in [1.54, 1.807) is 19.6 Å². The first-order chi connectivity index (χ1) is 12.2. The molecule has 1 aromatic heterocycles. The number of nitrogens with one attached hydrogen (secondary N) is 1. The van der Waals surface area contributed by atoms with Crippen molar-refractivity contribution in [2.45, 2.75) is 19.4 Å². The highest BCUT2D eigenvalue weighted by molar-refractivity contribution is 5.76. The van der Waals surface area contributed by atoms with Crippen molar-refractivity contribution in [2.24, 2.45) is 0 Å². The molecule has 0 atom stereocenters. The average molecular weight is 335 g/mol. The second-order valence-corrected chi connectivity index (χ2v) is 5.76. The van der Waals surface area contributed by atoms with Gasteiger partial charge in [-0.3, -0.25) is 4.79 Å². The molecule has 3 rings (SSSR count). The minimum absolute atomic E-state index is 0.0505. The van der Waals surface area contributed by atoms with Crippen molar-refractivity contribution in [3.8, 4) is 11.4 Å². The summed E-state index contributed by atoms with van der Waals surface area (Å²) >= 11 is 0. The molecule has 0 spiro atoms. The number of rotatable bonds is 7. The Morgan fingerprint density at radius 2 is 1.80 bits per heavy atom. The van der Waals surface area contributed by atoms with E-state index >= 15 is 0 Å². The molecule has 0 aliphatic rings. The molecule has 3 aromatic rings. The predicted octanol–water partition coefficient (Wildman–Crippen LogP) is 3.13. The lowest BCUT2D eigenvalue weighted by Gasteiger charge is -2.07. The first kappa shape index (κ1) is 16.8. The van der Waals surface area contributed by atoms with Crippen LogP contribution >= 0.6 is 0 Å². The molecule has 0 bridgehead atoms. The highest BCUT2D eigenvalue weighted by Crippen LogP contribution is 2.13. The zero-order valence-corrected chi connectivity index (χ0v) is 14.2. The summed E-state index contributed by atoms with van der Waals surface area (Å²) in [7, 11) is 1.64. The van der Waals surface area contributed by atoms with E-state index in [0.717, 1.165) is 29.0 Å². The van der Waals surface area contributed by atoms with Crippen molar-refractivity contribution >= 4 is 5.91 Å². The zero-order valence-electron chi connectivity index (χ0n) is 14.2. The van der Waals surface area contributed by atoms with Gasteiger partial charge in [0.05, 0.1) is 13.4 Å². The van der Waals surface area contributed by atoms with Crippen LogP contribution in [-0.4, -0.2) is 22.6 Å². The van der Waals surface area contributed by atoms with Gasteiger partial charge in [-0.05, 0) is 41.8 Å². The molecule has 25 heavy (non-hydrogen) atoms. The van der Waals surface area contributed by atoms with E-state index in [-0.39, 0.29) is 5.91 Å². The standard InChI is InChI=1S/C20H21N3O2/c1-25-19-9-4-16(5-10-19)6-11-20(24)22-14-17-2-7-18(8-3-17)23-13-12-21-15-23/h2-5,7-10,12-13,15H,6,11,14H2,1H3,(H,22,24). The molecule has 1 heterocycles. The van der Waals surface area contributed by atoms with Crippen LogP contribution in [0.2, 0.25) is 0 Å². The van der Waals surface area contributed by atoms with Gasteiger partial charge in [0.15, 0.2) is 0 Å². The summed E-state index contributed by atoms with van der Waals surface area (Å²) in [6, 6.07) is 15.9. The Morgan fingerprint density at radius 3 is 2.44 bits per heavy atom. The molecule has 0 fully saturated rings. The van der Waals surface area contributed by atoms with Crippen LogP contribution in [0.15, 0.2) is 67.3 Å². The molecule has 128 valence electrons. The fraction of sp³-hybridized carbons (Fsp3) is 0.200. The smallest absolute Gasteiger partial charge is 0.220 e. The SMILES string of the molecule is COc1ccc(CCC(=O)NCc2ccc(-n3ccnc3)cc2)cc1. The van der Waals surface area contributed by atoms with Gasteiger partial charge in [-0.25, -0.2) is 4.98 Å². The molecule has 0 radical (unpaired) electrons. The lowest BCUT2D eigenvalue weighted by Crippen LogP contribution is -2.22. The maximum Gasteiger partial charge on any atom is 0.220 e. The summed E-state index contributed by atoms with van der Waals surface area (Å²) in [5.74, 6) is 0.877. The van der Waals surface area contributed by atoms with Crippen molar-refractivity contribution in [1.29, 1.82) is 0 Å². The molecule has 5 nitrogen and oxygen atoms in total. The fourth-order valence-electron chi connectivity index (χ4n) is 2.54. The van der Waals surface area contributed by atoms with E-state index in [2.05, 4.69) is 10.3 Å². The Hall–Kier alpha value is -3.08. The fourth-order valence-corrected chi connectivity index (χ4v) is 2.54. The van der Waals surface area contributed by atoms with Gasteiger partial charge in [-0.1, -0.05) is 24.3 Å². The van der Waals surface area contributed by atoms with Crippen LogP contribution in [0.5, 0.6) is 5.75 Å². The number of imidazole rings is 1. The van der Waals surface area contributed by atoms with Crippen molar-refractivity contribution in [2.75, 3.05) is 7.11 Å². The number of ether oxygens (including phenoxy) is 1. The molecular weight excluding hydrogens is 314 g/mol. The van der Waals surface area contributed by atoms with Crippen LogP contribution in [0.4, 0.5) is 0 Å². The molecule has 2 aromatic carbocycles. The van der Waals surface area contributed by atoms with E-state index in [1.165, 1.54) is 0 Å². The summed E-state index contributed by atoms with van der Waals surface area (Å²) in [5.41, 5.74) is 3.24. The number of methoxy groups -OCH3 is 1. The molecule has 0 aliphatic carbocycles. The van der Waals surface area contributed by atoms with Crippen LogP contribution in [0.1, 0.15) is 17.5 Å². The number of amides is 1. The molecule has 0 saturated heterocycles. The number of aryl methyl sites for hydroxylation is 1. The Labute approximate surface area is 147 Å². The van der Waals surface area contributed by atoms with Crippen LogP contribution in [0.3, 0.4) is 0 Å². The van der Waals surface area contributed by atoms with Crippen LogP contribution in [0, 0.1) is 0 Å². The monoisotopic (exact) mass is 335 g/mol. The summed E-state index contributed by atoms with van der Waals surface area (Å²) < 4.78 is 7.07. The maximum absolute atomic E-state index is 12.0. The summed E-state index contributed by atoms with van der Waals surface area (Å²) in [6.07, 6.45) is 6.59. The Bertz CT molecular complexity index is 794. The van der Waals surface area contributed by atoms with E-state index in [4.69, 9.17) is 4.74 Å². The number of nitrogens with zero attached hydrogens (tertiary/aromatic N) is 2. The van der Waals surface area contributed by atoms with Gasteiger partial charge in [-0.15, -0.1) is 0 Å². The summed E-state index contributed by atoms with van der Waals surface area (Å²) in [4.78, 5) is 16.1. The van der Waals surface area contributed by atoms with Crippen molar-refractivity contribution < 1.29 is 9.53 Å². The van der Waals surface area contributed by atoms with Crippen molar-refractivity contribution in [3.05, 3.63) is 78.4 Å². The Balaban J connectivity index is 1.45. The Morgan fingerprint density at radius 1 is 1.08 bits per heavy atom. The first-order valence-electron chi connectivity index (χ1n) is 8.21. The van der Waals surface area contributed by atoms with E-state index in [1.807, 2.05) is 59.3 Å². The zero-order chi connectivity index (χ0) is 17.5. The van der Waals surface area contributed by atoms with Crippen LogP contribution in [-0.2, 0) is 17.8 Å². The van der Waals surface area contributed by atoms with E-state index in [9.17, 15) is 4.79 Å². The summed E-state index contributed by atoms with van der Waals surface area (Å²) in [6.45, 7) is 0.533. The predicted molar refractivity (Wildman–Crippen MR) is 96.7 cm³/mol. The largest absolute Gasteiger partial charge is 0.497 e. The maximum atomic E-state index is 12.0. The lowest BCUT2D eigenvalue weighted by molar-refractivity contribution is -0.121. The minimum Gasteiger partial charge on any atom is -0.497 e. The number of carbonyl (C=O) groups is 1. The third kappa shape index (κ3) is 4.70. The minimum atomic E-state index is 0.0505. The molecule has 0 aliphatic heterocycles. The van der Waals surface area contributed by atoms with Gasteiger partial charge in [0.1, 0.15) is 5.75 Å². The first-order valence-corrected chi connectivity index (χ1v) is 8.21. The topological polar surface area (TPSA) is 56.1 Å². The second-order valence-electron chi connectivity index (χ2n) is 5.76. The quantitative estimate of drug-likeness (QED) is 0.722. The molecule has 0 saturated carbocycles. The normalized spacial score (nSPS) is 10.4. The van der Waals surface area contributed by atoms with E-state index in [0.29, 0.717) is 13.0 Å². The third-order valence-corrected chi connectivity index (χ3v) is 4.03. The second kappa shape index (κ2) is 8.15. The lowest BCUT2D eigenvalue weighted by atomic mass is 10.1. The third-order valence-electron chi connectivity index (χ3n) is 4.03. The number of aromatic nitrogens is 2. The van der Waals surface area contributed by atoms with Crippen molar-refractivity contribution in [1.82, 2.24) is 14.9 Å². The average Bonchev–Trinajstić information content (AvgIpc) is 3.20. The van der Waals surface area contributed by atoms with Gasteiger partial charge in [0.25, 0.3) is 0 Å². The molecule has 1 amide bonds. The Kier molecular flexibility index (Phi) is 5.46. The van der Waals surface area contributed by atoms with Gasteiger partial charge >= 0.3 is 0 Å². The molecule has 1 N–H and O–H groups in total. The van der Waals surface area contributed by atoms with Crippen LogP contribution in [0.25, 0.3) is 5.69 Å². The van der Waals surface area contributed by atoms with Gasteiger partial charge < -0.3 is 14.6 Å². The number of hydrogen-bond acceptors (Lipinski definition) is 3. The summed E-state index contributed by atoms with van der Waals surface area (Å²) in [5, 5.41) is 2.96. The number of benzene rings is 2. The highest BCUT2D eigenvalue weighted by Gasteiger charge is 2.03. The van der Waals surface area contributed by atoms with Gasteiger partial charge in [-0.2, -0.15) is 0 Å². The van der Waals surface area contributed by atoms with Crippen LogP contribution < -0.4 is 10.1 Å². The molecular formula is C20H21N3O2. The van der Waals surface area contributed by atoms with Gasteiger partial charge in [0.2, 0.25) is 5.91 Å². The molecule has 5 heteroatoms. The van der Waals surface area contributed by atoms with E-state index < -0.39 is 0 Å². The van der Waals surface area contributed by atoms with Crippen molar-refractivity contribution in [3.63, 3.8) is 0 Å². The number of hydrogen-bond donors (Lipinski definition) is 1. The number of carbonyl (C=O) groups excluding carboxylic acids is 1.